The SMILES string of the molecule is C/C(=C/C(=O)Nc1ccccc1OCc1cscn1)c1ccccc1Cl. The van der Waals surface area contributed by atoms with Crippen molar-refractivity contribution < 1.29 is 9.53 Å². The molecular weight excluding hydrogens is 368 g/mol. The van der Waals surface area contributed by atoms with Crippen LogP contribution in [-0.2, 0) is 11.4 Å². The topological polar surface area (TPSA) is 51.2 Å². The van der Waals surface area contributed by atoms with E-state index in [0.717, 1.165) is 16.8 Å². The zero-order chi connectivity index (χ0) is 18.4. The lowest BCUT2D eigenvalue weighted by atomic mass is 10.1. The Kier molecular flexibility index (Phi) is 6.04. The minimum atomic E-state index is -0.243. The van der Waals surface area contributed by atoms with Crippen LogP contribution in [0.5, 0.6) is 5.75 Å². The van der Waals surface area contributed by atoms with Gasteiger partial charge in [0.2, 0.25) is 5.91 Å². The van der Waals surface area contributed by atoms with Gasteiger partial charge in [-0.1, -0.05) is 41.9 Å². The van der Waals surface area contributed by atoms with Crippen molar-refractivity contribution in [2.75, 3.05) is 5.32 Å². The Morgan fingerprint density at radius 1 is 1.23 bits per heavy atom. The molecule has 1 aromatic heterocycles. The fraction of sp³-hybridized carbons (Fsp3) is 0.100. The molecule has 0 saturated heterocycles. The average Bonchev–Trinajstić information content (AvgIpc) is 3.14. The second kappa shape index (κ2) is 8.65. The number of ether oxygens (including phenoxy) is 1. The summed E-state index contributed by atoms with van der Waals surface area (Å²) in [6.07, 6.45) is 1.53. The summed E-state index contributed by atoms with van der Waals surface area (Å²) < 4.78 is 5.78. The molecule has 0 aliphatic carbocycles. The number of anilines is 1. The molecule has 0 unspecified atom stereocenters. The number of benzene rings is 2. The summed E-state index contributed by atoms with van der Waals surface area (Å²) in [5.41, 5.74) is 4.84. The maximum atomic E-state index is 12.4. The number of thiazole rings is 1. The molecule has 4 nitrogen and oxygen atoms in total. The number of nitrogens with zero attached hydrogens (tertiary/aromatic N) is 1. The van der Waals surface area contributed by atoms with Gasteiger partial charge in [0.1, 0.15) is 12.4 Å². The third-order valence-corrected chi connectivity index (χ3v) is 4.62. The van der Waals surface area contributed by atoms with Crippen LogP contribution in [0.2, 0.25) is 5.02 Å². The fourth-order valence-electron chi connectivity index (χ4n) is 2.38. The molecule has 1 heterocycles. The molecule has 1 N–H and O–H groups in total. The first-order chi connectivity index (χ1) is 12.6. The Bertz CT molecular complexity index is 923. The van der Waals surface area contributed by atoms with Gasteiger partial charge in [0.05, 0.1) is 16.9 Å². The number of hydrogen-bond donors (Lipinski definition) is 1. The first kappa shape index (κ1) is 18.2. The third-order valence-electron chi connectivity index (χ3n) is 3.65. The largest absolute Gasteiger partial charge is 0.485 e. The minimum Gasteiger partial charge on any atom is -0.485 e. The Morgan fingerprint density at radius 3 is 2.77 bits per heavy atom. The van der Waals surface area contributed by atoms with E-state index in [0.29, 0.717) is 23.1 Å². The van der Waals surface area contributed by atoms with E-state index < -0.39 is 0 Å². The molecule has 132 valence electrons. The maximum Gasteiger partial charge on any atom is 0.248 e. The summed E-state index contributed by atoms with van der Waals surface area (Å²) in [7, 11) is 0. The molecule has 0 aliphatic rings. The van der Waals surface area contributed by atoms with E-state index >= 15 is 0 Å². The molecule has 0 saturated carbocycles. The van der Waals surface area contributed by atoms with Crippen LogP contribution in [0.3, 0.4) is 0 Å². The summed E-state index contributed by atoms with van der Waals surface area (Å²) in [6.45, 7) is 2.20. The predicted molar refractivity (Wildman–Crippen MR) is 107 cm³/mol. The number of aromatic nitrogens is 1. The highest BCUT2D eigenvalue weighted by molar-refractivity contribution is 7.07. The smallest absolute Gasteiger partial charge is 0.248 e. The van der Waals surface area contributed by atoms with Crippen LogP contribution in [0, 0.1) is 0 Å². The zero-order valence-corrected chi connectivity index (χ0v) is 15.7. The van der Waals surface area contributed by atoms with Crippen LogP contribution < -0.4 is 10.1 Å². The van der Waals surface area contributed by atoms with Gasteiger partial charge in [-0.05, 0) is 36.3 Å². The quantitative estimate of drug-likeness (QED) is 0.577. The fourth-order valence-corrected chi connectivity index (χ4v) is 3.21. The molecule has 0 fully saturated rings. The van der Waals surface area contributed by atoms with Crippen LogP contribution >= 0.6 is 22.9 Å². The van der Waals surface area contributed by atoms with Crippen LogP contribution in [0.1, 0.15) is 18.2 Å². The van der Waals surface area contributed by atoms with Crippen molar-refractivity contribution in [3.05, 3.63) is 81.8 Å². The van der Waals surface area contributed by atoms with E-state index in [4.69, 9.17) is 16.3 Å². The number of hydrogen-bond acceptors (Lipinski definition) is 4. The molecule has 0 spiro atoms. The Labute approximate surface area is 161 Å². The van der Waals surface area contributed by atoms with Crippen molar-refractivity contribution in [3.63, 3.8) is 0 Å². The van der Waals surface area contributed by atoms with E-state index in [-0.39, 0.29) is 5.91 Å². The molecule has 1 amide bonds. The lowest BCUT2D eigenvalue weighted by Crippen LogP contribution is -2.10. The number of rotatable bonds is 6. The molecule has 26 heavy (non-hydrogen) atoms. The van der Waals surface area contributed by atoms with Crippen LogP contribution in [0.4, 0.5) is 5.69 Å². The van der Waals surface area contributed by atoms with Crippen molar-refractivity contribution in [1.29, 1.82) is 0 Å². The number of para-hydroxylation sites is 2. The van der Waals surface area contributed by atoms with Gasteiger partial charge in [-0.15, -0.1) is 11.3 Å². The number of nitrogens with one attached hydrogen (secondary N) is 1. The van der Waals surface area contributed by atoms with E-state index in [1.54, 1.807) is 17.6 Å². The number of amides is 1. The molecule has 0 aliphatic heterocycles. The Balaban J connectivity index is 1.71. The summed E-state index contributed by atoms with van der Waals surface area (Å²) in [5, 5.41) is 5.40. The lowest BCUT2D eigenvalue weighted by molar-refractivity contribution is -0.111. The first-order valence-corrected chi connectivity index (χ1v) is 9.28. The maximum absolute atomic E-state index is 12.4. The second-order valence-corrected chi connectivity index (χ2v) is 6.69. The number of carbonyl (C=O) groups excluding carboxylic acids is 1. The van der Waals surface area contributed by atoms with E-state index in [1.165, 1.54) is 17.4 Å². The zero-order valence-electron chi connectivity index (χ0n) is 14.1. The molecule has 3 aromatic rings. The van der Waals surface area contributed by atoms with E-state index in [2.05, 4.69) is 10.3 Å². The number of carbonyl (C=O) groups is 1. The average molecular weight is 385 g/mol. The molecule has 0 bridgehead atoms. The molecule has 3 rings (SSSR count). The first-order valence-electron chi connectivity index (χ1n) is 7.96. The number of halogens is 1. The molecule has 2 aromatic carbocycles. The molecule has 0 atom stereocenters. The molecule has 0 radical (unpaired) electrons. The van der Waals surface area contributed by atoms with Gasteiger partial charge < -0.3 is 10.1 Å². The van der Waals surface area contributed by atoms with Gasteiger partial charge in [0.25, 0.3) is 0 Å². The van der Waals surface area contributed by atoms with E-state index in [1.807, 2.05) is 48.7 Å². The van der Waals surface area contributed by atoms with E-state index in [9.17, 15) is 4.79 Å². The van der Waals surface area contributed by atoms with Gasteiger partial charge in [-0.3, -0.25) is 4.79 Å². The minimum absolute atomic E-state index is 0.243. The van der Waals surface area contributed by atoms with Crippen LogP contribution in [0.15, 0.2) is 65.5 Å². The van der Waals surface area contributed by atoms with Crippen molar-refractivity contribution in [1.82, 2.24) is 4.98 Å². The van der Waals surface area contributed by atoms with Gasteiger partial charge in [-0.2, -0.15) is 0 Å². The van der Waals surface area contributed by atoms with Gasteiger partial charge in [0, 0.05) is 16.5 Å². The standard InChI is InChI=1S/C20H17ClN2O2S/c1-14(16-6-2-3-7-17(16)21)10-20(24)23-18-8-4-5-9-19(18)25-11-15-12-26-13-22-15/h2-10,12-13H,11H2,1H3,(H,23,24)/b14-10-. The Morgan fingerprint density at radius 2 is 2.00 bits per heavy atom. The normalized spacial score (nSPS) is 11.2. The van der Waals surface area contributed by atoms with Crippen molar-refractivity contribution >= 4 is 40.1 Å². The summed E-state index contributed by atoms with van der Waals surface area (Å²) >= 11 is 7.70. The number of allylic oxidation sites excluding steroid dienone is 1. The highest BCUT2D eigenvalue weighted by Crippen LogP contribution is 2.26. The Hall–Kier alpha value is -2.63. The van der Waals surface area contributed by atoms with Gasteiger partial charge >= 0.3 is 0 Å². The third kappa shape index (κ3) is 4.71. The van der Waals surface area contributed by atoms with Crippen LogP contribution in [-0.4, -0.2) is 10.9 Å². The van der Waals surface area contributed by atoms with Gasteiger partial charge in [0.15, 0.2) is 0 Å². The van der Waals surface area contributed by atoms with Crippen molar-refractivity contribution in [2.45, 2.75) is 13.5 Å². The summed E-state index contributed by atoms with van der Waals surface area (Å²) in [6, 6.07) is 14.7. The predicted octanol–water partition coefficient (Wildman–Crippen LogP) is 5.42. The monoisotopic (exact) mass is 384 g/mol. The summed E-state index contributed by atoms with van der Waals surface area (Å²) in [4.78, 5) is 16.6. The van der Waals surface area contributed by atoms with Crippen molar-refractivity contribution in [2.24, 2.45) is 0 Å². The second-order valence-electron chi connectivity index (χ2n) is 5.56. The summed E-state index contributed by atoms with van der Waals surface area (Å²) in [5.74, 6) is 0.352. The van der Waals surface area contributed by atoms with Gasteiger partial charge in [-0.25, -0.2) is 4.98 Å². The highest BCUT2D eigenvalue weighted by atomic mass is 35.5. The molecule has 6 heteroatoms. The van der Waals surface area contributed by atoms with Crippen molar-refractivity contribution in [3.8, 4) is 5.75 Å². The lowest BCUT2D eigenvalue weighted by Gasteiger charge is -2.11. The highest BCUT2D eigenvalue weighted by Gasteiger charge is 2.08. The van der Waals surface area contributed by atoms with Crippen LogP contribution in [0.25, 0.3) is 5.57 Å². The molecular formula is C20H17ClN2O2S.